The fourth-order valence-corrected chi connectivity index (χ4v) is 3.72. The van der Waals surface area contributed by atoms with Gasteiger partial charge >= 0.3 is 6.09 Å². The zero-order chi connectivity index (χ0) is 18.2. The fourth-order valence-electron chi connectivity index (χ4n) is 3.42. The number of ether oxygens (including phenoxy) is 2. The first-order chi connectivity index (χ1) is 12.8. The average Bonchev–Trinajstić information content (AvgIpc) is 2.72. The maximum absolute atomic E-state index is 12.3. The van der Waals surface area contributed by atoms with Crippen molar-refractivity contribution in [2.45, 2.75) is 12.6 Å². The predicted octanol–water partition coefficient (Wildman–Crippen LogP) is 1.88. The molecule has 0 bridgehead atoms. The van der Waals surface area contributed by atoms with E-state index in [2.05, 4.69) is 9.80 Å². The molecule has 1 aromatic rings. The first-order valence-corrected chi connectivity index (χ1v) is 9.85. The van der Waals surface area contributed by atoms with Crippen LogP contribution in [-0.2, 0) is 16.1 Å². The summed E-state index contributed by atoms with van der Waals surface area (Å²) in [6, 6.07) is 10.1. The van der Waals surface area contributed by atoms with Crippen LogP contribution in [0.3, 0.4) is 0 Å². The number of halogens is 1. The Labute approximate surface area is 160 Å². The van der Waals surface area contributed by atoms with Crippen LogP contribution in [0, 0.1) is 0 Å². The van der Waals surface area contributed by atoms with Crippen molar-refractivity contribution in [1.82, 2.24) is 14.7 Å². The van der Waals surface area contributed by atoms with Crippen molar-refractivity contribution in [3.05, 3.63) is 35.9 Å². The number of hydrogen-bond acceptors (Lipinski definition) is 5. The molecule has 0 unspecified atom stereocenters. The van der Waals surface area contributed by atoms with E-state index in [-0.39, 0.29) is 6.09 Å². The number of carbonyl (C=O) groups is 1. The Hall–Kier alpha value is -1.34. The normalized spacial score (nSPS) is 20.7. The molecule has 0 saturated carbocycles. The summed E-state index contributed by atoms with van der Waals surface area (Å²) in [4.78, 5) is 18.9. The van der Waals surface area contributed by atoms with Gasteiger partial charge in [0.25, 0.3) is 0 Å². The third-order valence-corrected chi connectivity index (χ3v) is 5.40. The molecule has 0 aliphatic carbocycles. The SMILES string of the molecule is O=C(OCc1ccccc1)N1CCN([C@H](CCl)CN2CCOCC2)CC1. The van der Waals surface area contributed by atoms with Crippen LogP contribution in [0.5, 0.6) is 0 Å². The Morgan fingerprint density at radius 1 is 1.08 bits per heavy atom. The van der Waals surface area contributed by atoms with Crippen LogP contribution in [0.15, 0.2) is 30.3 Å². The smallest absolute Gasteiger partial charge is 0.410 e. The topological polar surface area (TPSA) is 45.2 Å². The molecule has 2 aliphatic rings. The van der Waals surface area contributed by atoms with Crippen LogP contribution in [-0.4, -0.2) is 91.7 Å². The minimum Gasteiger partial charge on any atom is -0.445 e. The largest absolute Gasteiger partial charge is 0.445 e. The number of alkyl halides is 1. The lowest BCUT2D eigenvalue weighted by Gasteiger charge is -2.40. The lowest BCUT2D eigenvalue weighted by Crippen LogP contribution is -2.56. The highest BCUT2D eigenvalue weighted by Crippen LogP contribution is 2.12. The van der Waals surface area contributed by atoms with Gasteiger partial charge in [0.15, 0.2) is 0 Å². The lowest BCUT2D eigenvalue weighted by atomic mass is 10.2. The molecule has 0 spiro atoms. The van der Waals surface area contributed by atoms with Gasteiger partial charge in [-0.15, -0.1) is 11.6 Å². The summed E-state index contributed by atoms with van der Waals surface area (Å²) in [5.41, 5.74) is 1.01. The van der Waals surface area contributed by atoms with Gasteiger partial charge in [-0.2, -0.15) is 0 Å². The molecule has 1 aromatic carbocycles. The number of piperazine rings is 1. The van der Waals surface area contributed by atoms with Crippen molar-refractivity contribution in [2.75, 3.05) is 64.9 Å². The third kappa shape index (κ3) is 5.58. The summed E-state index contributed by atoms with van der Waals surface area (Å²) in [6.45, 7) is 7.87. The van der Waals surface area contributed by atoms with E-state index in [1.54, 1.807) is 4.90 Å². The summed E-state index contributed by atoms with van der Waals surface area (Å²) in [7, 11) is 0. The maximum Gasteiger partial charge on any atom is 0.410 e. The van der Waals surface area contributed by atoms with Crippen LogP contribution < -0.4 is 0 Å². The van der Waals surface area contributed by atoms with E-state index in [4.69, 9.17) is 21.1 Å². The number of carbonyl (C=O) groups excluding carboxylic acids is 1. The van der Waals surface area contributed by atoms with Crippen LogP contribution in [0.2, 0.25) is 0 Å². The van der Waals surface area contributed by atoms with Gasteiger partial charge in [0.05, 0.1) is 13.2 Å². The minimum atomic E-state index is -0.232. The van der Waals surface area contributed by atoms with E-state index in [1.165, 1.54) is 0 Å². The molecule has 1 atom stereocenters. The van der Waals surface area contributed by atoms with E-state index in [1.807, 2.05) is 30.3 Å². The van der Waals surface area contributed by atoms with Gasteiger partial charge in [-0.1, -0.05) is 30.3 Å². The first kappa shape index (κ1) is 19.4. The standard InChI is InChI=1S/C19H28ClN3O3/c20-14-18(15-21-10-12-25-13-11-21)22-6-8-23(9-7-22)19(24)26-16-17-4-2-1-3-5-17/h1-5,18H,6-16H2/t18-/m1/s1. The number of hydrogen-bond donors (Lipinski definition) is 0. The molecule has 2 heterocycles. The van der Waals surface area contributed by atoms with Gasteiger partial charge in [-0.05, 0) is 5.56 Å². The van der Waals surface area contributed by atoms with Crippen molar-refractivity contribution in [3.8, 4) is 0 Å². The zero-order valence-electron chi connectivity index (χ0n) is 15.2. The summed E-state index contributed by atoms with van der Waals surface area (Å²) < 4.78 is 10.8. The Morgan fingerprint density at radius 3 is 2.42 bits per heavy atom. The highest BCUT2D eigenvalue weighted by Gasteiger charge is 2.28. The molecular formula is C19H28ClN3O3. The second-order valence-corrected chi connectivity index (χ2v) is 7.09. The van der Waals surface area contributed by atoms with Crippen molar-refractivity contribution in [3.63, 3.8) is 0 Å². The van der Waals surface area contributed by atoms with Crippen molar-refractivity contribution in [2.24, 2.45) is 0 Å². The second-order valence-electron chi connectivity index (χ2n) is 6.78. The number of amides is 1. The Bertz CT molecular complexity index is 546. The fraction of sp³-hybridized carbons (Fsp3) is 0.632. The van der Waals surface area contributed by atoms with Crippen LogP contribution in [0.4, 0.5) is 4.79 Å². The quantitative estimate of drug-likeness (QED) is 0.704. The number of morpholine rings is 1. The van der Waals surface area contributed by atoms with Crippen LogP contribution in [0.25, 0.3) is 0 Å². The minimum absolute atomic E-state index is 0.232. The highest BCUT2D eigenvalue weighted by atomic mass is 35.5. The van der Waals surface area contributed by atoms with E-state index < -0.39 is 0 Å². The average molecular weight is 382 g/mol. The van der Waals surface area contributed by atoms with E-state index >= 15 is 0 Å². The molecule has 2 aliphatic heterocycles. The van der Waals surface area contributed by atoms with E-state index in [9.17, 15) is 4.79 Å². The second kappa shape index (κ2) is 10.1. The van der Waals surface area contributed by atoms with Crippen molar-refractivity contribution < 1.29 is 14.3 Å². The summed E-state index contributed by atoms with van der Waals surface area (Å²) >= 11 is 6.23. The van der Waals surface area contributed by atoms with Gasteiger partial charge in [0, 0.05) is 57.7 Å². The van der Waals surface area contributed by atoms with Gasteiger partial charge in [0.1, 0.15) is 6.61 Å². The monoisotopic (exact) mass is 381 g/mol. The molecule has 0 N–H and O–H groups in total. The molecular weight excluding hydrogens is 354 g/mol. The Morgan fingerprint density at radius 2 is 1.77 bits per heavy atom. The summed E-state index contributed by atoms with van der Waals surface area (Å²) in [5, 5.41) is 0. The predicted molar refractivity (Wildman–Crippen MR) is 102 cm³/mol. The molecule has 0 radical (unpaired) electrons. The van der Waals surface area contributed by atoms with Crippen LogP contribution >= 0.6 is 11.6 Å². The zero-order valence-corrected chi connectivity index (χ0v) is 15.9. The third-order valence-electron chi connectivity index (χ3n) is 5.04. The Balaban J connectivity index is 1.41. The Kier molecular flexibility index (Phi) is 7.55. The van der Waals surface area contributed by atoms with E-state index in [0.717, 1.165) is 51.5 Å². The molecule has 6 nitrogen and oxygen atoms in total. The summed E-state index contributed by atoms with van der Waals surface area (Å²) in [5.74, 6) is 0.607. The van der Waals surface area contributed by atoms with E-state index in [0.29, 0.717) is 31.6 Å². The lowest BCUT2D eigenvalue weighted by molar-refractivity contribution is 0.0166. The van der Waals surface area contributed by atoms with Crippen molar-refractivity contribution >= 4 is 17.7 Å². The molecule has 2 saturated heterocycles. The maximum atomic E-state index is 12.3. The molecule has 0 aromatic heterocycles. The number of nitrogens with zero attached hydrogens (tertiary/aromatic N) is 3. The first-order valence-electron chi connectivity index (χ1n) is 9.32. The van der Waals surface area contributed by atoms with Gasteiger partial charge in [-0.25, -0.2) is 4.79 Å². The van der Waals surface area contributed by atoms with Gasteiger partial charge in [-0.3, -0.25) is 9.80 Å². The van der Waals surface area contributed by atoms with Crippen molar-refractivity contribution in [1.29, 1.82) is 0 Å². The van der Waals surface area contributed by atoms with Gasteiger partial charge in [0.2, 0.25) is 0 Å². The van der Waals surface area contributed by atoms with Gasteiger partial charge < -0.3 is 14.4 Å². The van der Waals surface area contributed by atoms with Crippen LogP contribution in [0.1, 0.15) is 5.56 Å². The number of benzene rings is 1. The molecule has 2 fully saturated rings. The highest BCUT2D eigenvalue weighted by molar-refractivity contribution is 6.18. The summed E-state index contributed by atoms with van der Waals surface area (Å²) in [6.07, 6.45) is -0.232. The molecule has 1 amide bonds. The molecule has 7 heteroatoms. The molecule has 3 rings (SSSR count). The molecule has 144 valence electrons. The molecule has 26 heavy (non-hydrogen) atoms. The number of rotatable bonds is 6.